The van der Waals surface area contributed by atoms with Gasteiger partial charge in [-0.25, -0.2) is 4.98 Å². The average molecular weight is 410 g/mol. The Morgan fingerprint density at radius 2 is 1.58 bits per heavy atom. The number of rotatable bonds is 4. The van der Waals surface area contributed by atoms with E-state index >= 15 is 0 Å². The molecule has 0 unspecified atom stereocenters. The zero-order chi connectivity index (χ0) is 21.5. The average Bonchev–Trinajstić information content (AvgIpc) is 3.30. The van der Waals surface area contributed by atoms with Gasteiger partial charge < -0.3 is 4.42 Å². The van der Waals surface area contributed by atoms with E-state index < -0.39 is 0 Å². The second-order valence-electron chi connectivity index (χ2n) is 7.64. The van der Waals surface area contributed by atoms with E-state index in [1.54, 1.807) is 15.3 Å². The Bertz CT molecular complexity index is 1440. The molecular formula is C25H22N4O2. The highest BCUT2D eigenvalue weighted by atomic mass is 16.4. The van der Waals surface area contributed by atoms with Gasteiger partial charge in [0.2, 0.25) is 5.89 Å². The molecule has 6 nitrogen and oxygen atoms in total. The summed E-state index contributed by atoms with van der Waals surface area (Å²) in [6.07, 6.45) is 0. The molecule has 31 heavy (non-hydrogen) atoms. The Morgan fingerprint density at radius 3 is 2.26 bits per heavy atom. The van der Waals surface area contributed by atoms with Crippen LogP contribution in [0.2, 0.25) is 0 Å². The van der Waals surface area contributed by atoms with Crippen molar-refractivity contribution in [3.8, 4) is 22.6 Å². The number of aromatic nitrogens is 4. The number of aryl methyl sites for hydroxylation is 3. The minimum Gasteiger partial charge on any atom is -0.441 e. The molecule has 6 heteroatoms. The lowest BCUT2D eigenvalue weighted by molar-refractivity contribution is 0.537. The molecule has 0 saturated carbocycles. The monoisotopic (exact) mass is 410 g/mol. The van der Waals surface area contributed by atoms with Crippen LogP contribution in [0.4, 0.5) is 0 Å². The van der Waals surface area contributed by atoms with Crippen LogP contribution >= 0.6 is 0 Å². The second-order valence-corrected chi connectivity index (χ2v) is 7.64. The molecule has 0 aliphatic rings. The van der Waals surface area contributed by atoms with Gasteiger partial charge in [-0.15, -0.1) is 0 Å². The molecule has 0 spiro atoms. The molecule has 154 valence electrons. The minimum atomic E-state index is -0.0991. The number of fused-ring (bicyclic) bond motifs is 1. The lowest BCUT2D eigenvalue weighted by Crippen LogP contribution is -2.22. The summed E-state index contributed by atoms with van der Waals surface area (Å²) in [5.41, 5.74) is 5.08. The van der Waals surface area contributed by atoms with Crippen LogP contribution in [0.15, 0.2) is 75.9 Å². The largest absolute Gasteiger partial charge is 0.441 e. The molecule has 0 saturated heterocycles. The van der Waals surface area contributed by atoms with Crippen molar-refractivity contribution in [1.29, 1.82) is 0 Å². The van der Waals surface area contributed by atoms with Crippen molar-refractivity contribution in [2.75, 3.05) is 0 Å². The zero-order valence-electron chi connectivity index (χ0n) is 17.7. The molecule has 0 fully saturated rings. The molecule has 2 aromatic carbocycles. The van der Waals surface area contributed by atoms with Crippen LogP contribution in [0.25, 0.3) is 33.6 Å². The Hall–Kier alpha value is -3.93. The molecule has 0 aliphatic heterocycles. The summed E-state index contributed by atoms with van der Waals surface area (Å²) in [5, 5.41) is 5.58. The molecule has 0 aliphatic carbocycles. The number of pyridine rings is 1. The highest BCUT2D eigenvalue weighted by molar-refractivity contribution is 5.95. The molecule has 5 aromatic rings. The Morgan fingerprint density at radius 1 is 0.935 bits per heavy atom. The zero-order valence-corrected chi connectivity index (χ0v) is 17.7. The molecule has 0 amide bonds. The van der Waals surface area contributed by atoms with Gasteiger partial charge in [-0.3, -0.25) is 14.0 Å². The van der Waals surface area contributed by atoms with Gasteiger partial charge in [-0.1, -0.05) is 48.5 Å². The SMILES string of the molecule is Cc1oc(-c2ccccc2)nc1Cn1c(=O)cc(-c2ccccc2)c2c(C)nn(C)c21. The second kappa shape index (κ2) is 7.40. The summed E-state index contributed by atoms with van der Waals surface area (Å²) in [5.74, 6) is 1.25. The van der Waals surface area contributed by atoms with Gasteiger partial charge in [0.15, 0.2) is 0 Å². The predicted octanol–water partition coefficient (Wildman–Crippen LogP) is 4.72. The maximum Gasteiger partial charge on any atom is 0.253 e. The van der Waals surface area contributed by atoms with Gasteiger partial charge in [-0.05, 0) is 37.1 Å². The summed E-state index contributed by atoms with van der Waals surface area (Å²) >= 11 is 0. The fourth-order valence-electron chi connectivity index (χ4n) is 4.08. The highest BCUT2D eigenvalue weighted by Gasteiger charge is 2.19. The van der Waals surface area contributed by atoms with Crippen LogP contribution in [0.5, 0.6) is 0 Å². The molecule has 3 aromatic heterocycles. The fourth-order valence-corrected chi connectivity index (χ4v) is 4.08. The van der Waals surface area contributed by atoms with E-state index in [0.717, 1.165) is 39.1 Å². The summed E-state index contributed by atoms with van der Waals surface area (Å²) in [6, 6.07) is 21.4. The van der Waals surface area contributed by atoms with Gasteiger partial charge in [-0.2, -0.15) is 5.10 Å². The van der Waals surface area contributed by atoms with Gasteiger partial charge >= 0.3 is 0 Å². The number of hydrogen-bond donors (Lipinski definition) is 0. The molecule has 0 atom stereocenters. The first-order chi connectivity index (χ1) is 15.0. The smallest absolute Gasteiger partial charge is 0.253 e. The molecule has 3 heterocycles. The minimum absolute atomic E-state index is 0.0991. The van der Waals surface area contributed by atoms with E-state index in [0.29, 0.717) is 18.2 Å². The van der Waals surface area contributed by atoms with Crippen molar-refractivity contribution < 1.29 is 4.42 Å². The quantitative estimate of drug-likeness (QED) is 0.430. The topological polar surface area (TPSA) is 65.8 Å². The van der Waals surface area contributed by atoms with E-state index in [2.05, 4.69) is 10.1 Å². The maximum atomic E-state index is 13.2. The van der Waals surface area contributed by atoms with Gasteiger partial charge in [0.05, 0.1) is 12.2 Å². The summed E-state index contributed by atoms with van der Waals surface area (Å²) < 4.78 is 9.40. The van der Waals surface area contributed by atoms with Gasteiger partial charge in [0.1, 0.15) is 17.1 Å². The van der Waals surface area contributed by atoms with Crippen LogP contribution in [0.1, 0.15) is 17.1 Å². The fraction of sp³-hybridized carbons (Fsp3) is 0.160. The normalized spacial score (nSPS) is 11.3. The van der Waals surface area contributed by atoms with E-state index in [1.807, 2.05) is 81.6 Å². The van der Waals surface area contributed by atoms with E-state index in [9.17, 15) is 4.79 Å². The number of benzene rings is 2. The molecule has 5 rings (SSSR count). The molecular weight excluding hydrogens is 388 g/mol. The Balaban J connectivity index is 1.67. The van der Waals surface area contributed by atoms with Crippen LogP contribution in [0, 0.1) is 13.8 Å². The van der Waals surface area contributed by atoms with Crippen molar-refractivity contribution in [2.45, 2.75) is 20.4 Å². The number of oxazole rings is 1. The summed E-state index contributed by atoms with van der Waals surface area (Å²) in [6.45, 7) is 4.16. The summed E-state index contributed by atoms with van der Waals surface area (Å²) in [7, 11) is 1.87. The van der Waals surface area contributed by atoms with Crippen molar-refractivity contribution >= 4 is 11.0 Å². The molecule has 0 N–H and O–H groups in total. The predicted molar refractivity (Wildman–Crippen MR) is 121 cm³/mol. The first-order valence-corrected chi connectivity index (χ1v) is 10.2. The third kappa shape index (κ3) is 3.26. The van der Waals surface area contributed by atoms with E-state index in [-0.39, 0.29) is 5.56 Å². The van der Waals surface area contributed by atoms with Crippen molar-refractivity contribution in [3.05, 3.63) is 94.2 Å². The lowest BCUT2D eigenvalue weighted by Gasteiger charge is -2.11. The lowest BCUT2D eigenvalue weighted by atomic mass is 10.0. The number of nitrogens with zero attached hydrogens (tertiary/aromatic N) is 4. The van der Waals surface area contributed by atoms with Gasteiger partial charge in [0.25, 0.3) is 5.56 Å². The first-order valence-electron chi connectivity index (χ1n) is 10.2. The Kier molecular flexibility index (Phi) is 4.55. The van der Waals surface area contributed by atoms with Crippen LogP contribution in [0.3, 0.4) is 0 Å². The maximum absolute atomic E-state index is 13.2. The van der Waals surface area contributed by atoms with Crippen molar-refractivity contribution in [1.82, 2.24) is 19.3 Å². The standard InChI is InChI=1S/C25H22N4O2/c1-16-23-20(18-10-6-4-7-11-18)14-22(30)29(25(23)28(3)27-16)15-21-17(2)31-24(26-21)19-12-8-5-9-13-19/h4-14H,15H2,1-3H3. The summed E-state index contributed by atoms with van der Waals surface area (Å²) in [4.78, 5) is 17.9. The van der Waals surface area contributed by atoms with Crippen LogP contribution < -0.4 is 5.56 Å². The first kappa shape index (κ1) is 19.1. The van der Waals surface area contributed by atoms with E-state index in [4.69, 9.17) is 4.42 Å². The van der Waals surface area contributed by atoms with Crippen molar-refractivity contribution in [3.63, 3.8) is 0 Å². The molecule has 0 bridgehead atoms. The van der Waals surface area contributed by atoms with Crippen LogP contribution in [-0.2, 0) is 13.6 Å². The highest BCUT2D eigenvalue weighted by Crippen LogP contribution is 2.30. The van der Waals surface area contributed by atoms with Crippen molar-refractivity contribution in [2.24, 2.45) is 7.05 Å². The van der Waals surface area contributed by atoms with E-state index in [1.165, 1.54) is 0 Å². The third-order valence-corrected chi connectivity index (χ3v) is 5.56. The van der Waals surface area contributed by atoms with Crippen LogP contribution in [-0.4, -0.2) is 19.3 Å². The molecule has 0 radical (unpaired) electrons. The van der Waals surface area contributed by atoms with Gasteiger partial charge in [0, 0.05) is 24.1 Å². The third-order valence-electron chi connectivity index (χ3n) is 5.56. The Labute approximate surface area is 179 Å². The number of hydrogen-bond acceptors (Lipinski definition) is 4.